The molecular weight excluding hydrogens is 224 g/mol. The van der Waals surface area contributed by atoms with E-state index in [1.54, 1.807) is 6.92 Å². The fourth-order valence-electron chi connectivity index (χ4n) is 1.76. The van der Waals surface area contributed by atoms with Crippen molar-refractivity contribution in [1.82, 2.24) is 0 Å². The zero-order valence-corrected chi connectivity index (χ0v) is 11.6. The molecule has 0 aliphatic heterocycles. The summed E-state index contributed by atoms with van der Waals surface area (Å²) in [6, 6.07) is 7.89. The highest BCUT2D eigenvalue weighted by molar-refractivity contribution is 5.97. The van der Waals surface area contributed by atoms with Gasteiger partial charge in [0, 0.05) is 5.69 Å². The Morgan fingerprint density at radius 3 is 2.39 bits per heavy atom. The Hall–Kier alpha value is -1.35. The smallest absolute Gasteiger partial charge is 0.244 e. The van der Waals surface area contributed by atoms with Crippen LogP contribution < -0.4 is 11.1 Å². The topological polar surface area (TPSA) is 55.1 Å². The van der Waals surface area contributed by atoms with Crippen molar-refractivity contribution in [3.05, 3.63) is 29.8 Å². The van der Waals surface area contributed by atoms with Gasteiger partial charge in [0.2, 0.25) is 5.91 Å². The minimum Gasteiger partial charge on any atom is -0.325 e. The number of hydrogen-bond donors (Lipinski definition) is 2. The summed E-state index contributed by atoms with van der Waals surface area (Å²) in [7, 11) is 0. The second-order valence-electron chi connectivity index (χ2n) is 5.03. The SMILES string of the molecule is CCCC[C@@](C)(N)C(=O)Nc1ccc(CC)cc1. The van der Waals surface area contributed by atoms with Crippen LogP contribution in [0.15, 0.2) is 24.3 Å². The number of amides is 1. The van der Waals surface area contributed by atoms with Crippen LogP contribution in [0.4, 0.5) is 5.69 Å². The molecule has 1 aromatic carbocycles. The van der Waals surface area contributed by atoms with Gasteiger partial charge in [-0.1, -0.05) is 38.8 Å². The van der Waals surface area contributed by atoms with Gasteiger partial charge in [-0.25, -0.2) is 0 Å². The third kappa shape index (κ3) is 4.15. The van der Waals surface area contributed by atoms with Crippen molar-refractivity contribution in [3.8, 4) is 0 Å². The molecule has 0 saturated carbocycles. The van der Waals surface area contributed by atoms with E-state index in [0.29, 0.717) is 6.42 Å². The van der Waals surface area contributed by atoms with Gasteiger partial charge in [0.15, 0.2) is 0 Å². The van der Waals surface area contributed by atoms with E-state index in [4.69, 9.17) is 5.73 Å². The third-order valence-corrected chi connectivity index (χ3v) is 3.19. The lowest BCUT2D eigenvalue weighted by Gasteiger charge is -2.23. The zero-order valence-electron chi connectivity index (χ0n) is 11.6. The van der Waals surface area contributed by atoms with Crippen molar-refractivity contribution in [2.24, 2.45) is 5.73 Å². The molecule has 1 atom stereocenters. The van der Waals surface area contributed by atoms with Crippen LogP contribution in [0.1, 0.15) is 45.6 Å². The fourth-order valence-corrected chi connectivity index (χ4v) is 1.76. The highest BCUT2D eigenvalue weighted by Crippen LogP contribution is 2.15. The van der Waals surface area contributed by atoms with Crippen molar-refractivity contribution in [2.75, 3.05) is 5.32 Å². The summed E-state index contributed by atoms with van der Waals surface area (Å²) >= 11 is 0. The van der Waals surface area contributed by atoms with Crippen LogP contribution in [0, 0.1) is 0 Å². The molecule has 1 amide bonds. The number of nitrogens with one attached hydrogen (secondary N) is 1. The summed E-state index contributed by atoms with van der Waals surface area (Å²) in [6.07, 6.45) is 3.72. The van der Waals surface area contributed by atoms with Gasteiger partial charge >= 0.3 is 0 Å². The predicted molar refractivity (Wildman–Crippen MR) is 76.6 cm³/mol. The van der Waals surface area contributed by atoms with Crippen molar-refractivity contribution < 1.29 is 4.79 Å². The third-order valence-electron chi connectivity index (χ3n) is 3.19. The molecule has 0 aliphatic rings. The molecule has 3 N–H and O–H groups in total. The van der Waals surface area contributed by atoms with E-state index >= 15 is 0 Å². The molecule has 3 heteroatoms. The van der Waals surface area contributed by atoms with Crippen molar-refractivity contribution in [1.29, 1.82) is 0 Å². The molecule has 0 radical (unpaired) electrons. The van der Waals surface area contributed by atoms with E-state index in [1.807, 2.05) is 24.3 Å². The number of hydrogen-bond acceptors (Lipinski definition) is 2. The lowest BCUT2D eigenvalue weighted by molar-refractivity contribution is -0.120. The highest BCUT2D eigenvalue weighted by Gasteiger charge is 2.27. The maximum absolute atomic E-state index is 12.1. The van der Waals surface area contributed by atoms with E-state index in [2.05, 4.69) is 19.2 Å². The van der Waals surface area contributed by atoms with Gasteiger partial charge in [-0.2, -0.15) is 0 Å². The highest BCUT2D eigenvalue weighted by atomic mass is 16.2. The largest absolute Gasteiger partial charge is 0.325 e. The normalized spacial score (nSPS) is 14.0. The van der Waals surface area contributed by atoms with Crippen LogP contribution in [0.2, 0.25) is 0 Å². The van der Waals surface area contributed by atoms with Gasteiger partial charge in [-0.05, 0) is 37.5 Å². The molecule has 0 saturated heterocycles. The van der Waals surface area contributed by atoms with Gasteiger partial charge in [-0.3, -0.25) is 4.79 Å². The number of anilines is 1. The first-order valence-electron chi connectivity index (χ1n) is 6.69. The van der Waals surface area contributed by atoms with E-state index in [1.165, 1.54) is 5.56 Å². The van der Waals surface area contributed by atoms with Crippen LogP contribution in [-0.4, -0.2) is 11.4 Å². The molecule has 0 bridgehead atoms. The molecule has 0 unspecified atom stereocenters. The van der Waals surface area contributed by atoms with E-state index in [-0.39, 0.29) is 5.91 Å². The number of benzene rings is 1. The quantitative estimate of drug-likeness (QED) is 0.812. The van der Waals surface area contributed by atoms with E-state index < -0.39 is 5.54 Å². The minimum absolute atomic E-state index is 0.111. The number of unbranched alkanes of at least 4 members (excludes halogenated alkanes) is 1. The zero-order chi connectivity index (χ0) is 13.6. The predicted octanol–water partition coefficient (Wildman–Crippen LogP) is 3.10. The molecule has 18 heavy (non-hydrogen) atoms. The van der Waals surface area contributed by atoms with Crippen LogP contribution in [0.3, 0.4) is 0 Å². The van der Waals surface area contributed by atoms with Gasteiger partial charge in [0.25, 0.3) is 0 Å². The van der Waals surface area contributed by atoms with E-state index in [0.717, 1.165) is 24.9 Å². The summed E-state index contributed by atoms with van der Waals surface area (Å²) in [5.41, 5.74) is 7.32. The minimum atomic E-state index is -0.792. The number of carbonyl (C=O) groups is 1. The summed E-state index contributed by atoms with van der Waals surface area (Å²) < 4.78 is 0. The lowest BCUT2D eigenvalue weighted by atomic mass is 9.95. The summed E-state index contributed by atoms with van der Waals surface area (Å²) in [5, 5.41) is 2.88. The molecule has 1 aromatic rings. The Kier molecular flexibility index (Phi) is 5.35. The number of nitrogens with two attached hydrogens (primary N) is 1. The van der Waals surface area contributed by atoms with Crippen LogP contribution in [0.25, 0.3) is 0 Å². The van der Waals surface area contributed by atoms with Crippen LogP contribution >= 0.6 is 0 Å². The molecule has 0 aliphatic carbocycles. The van der Waals surface area contributed by atoms with Gasteiger partial charge < -0.3 is 11.1 Å². The molecule has 1 rings (SSSR count). The first kappa shape index (κ1) is 14.7. The number of aryl methyl sites for hydroxylation is 1. The average molecular weight is 248 g/mol. The Morgan fingerprint density at radius 1 is 1.28 bits per heavy atom. The van der Waals surface area contributed by atoms with Crippen LogP contribution in [0.5, 0.6) is 0 Å². The molecule has 0 fully saturated rings. The van der Waals surface area contributed by atoms with Gasteiger partial charge in [-0.15, -0.1) is 0 Å². The molecule has 0 heterocycles. The Bertz CT molecular complexity index is 382. The Morgan fingerprint density at radius 2 is 1.89 bits per heavy atom. The lowest BCUT2D eigenvalue weighted by Crippen LogP contribution is -2.48. The fraction of sp³-hybridized carbons (Fsp3) is 0.533. The maximum Gasteiger partial charge on any atom is 0.244 e. The number of carbonyl (C=O) groups excluding carboxylic acids is 1. The molecule has 100 valence electrons. The molecule has 0 spiro atoms. The number of rotatable bonds is 6. The van der Waals surface area contributed by atoms with E-state index in [9.17, 15) is 4.79 Å². The van der Waals surface area contributed by atoms with Crippen LogP contribution in [-0.2, 0) is 11.2 Å². The second-order valence-corrected chi connectivity index (χ2v) is 5.03. The molecule has 3 nitrogen and oxygen atoms in total. The molecular formula is C15H24N2O. The first-order valence-corrected chi connectivity index (χ1v) is 6.69. The maximum atomic E-state index is 12.1. The average Bonchev–Trinajstić information content (AvgIpc) is 2.37. The van der Waals surface area contributed by atoms with Crippen molar-refractivity contribution in [3.63, 3.8) is 0 Å². The second kappa shape index (κ2) is 6.55. The molecule has 0 aromatic heterocycles. The standard InChI is InChI=1S/C15H24N2O/c1-4-6-11-15(3,16)14(18)17-13-9-7-12(5-2)8-10-13/h7-10H,4-6,11,16H2,1-3H3,(H,17,18)/t15-/m1/s1. The Balaban J connectivity index is 2.62. The monoisotopic (exact) mass is 248 g/mol. The van der Waals surface area contributed by atoms with Gasteiger partial charge in [0.1, 0.15) is 0 Å². The van der Waals surface area contributed by atoms with Gasteiger partial charge in [0.05, 0.1) is 5.54 Å². The summed E-state index contributed by atoms with van der Waals surface area (Å²) in [6.45, 7) is 5.99. The van der Waals surface area contributed by atoms with Crippen molar-refractivity contribution >= 4 is 11.6 Å². The van der Waals surface area contributed by atoms with Crippen molar-refractivity contribution in [2.45, 2.75) is 52.0 Å². The first-order chi connectivity index (χ1) is 8.49. The Labute approximate surface area is 110 Å². The summed E-state index contributed by atoms with van der Waals surface area (Å²) in [4.78, 5) is 12.1. The summed E-state index contributed by atoms with van der Waals surface area (Å²) in [5.74, 6) is -0.111.